The van der Waals surface area contributed by atoms with Crippen molar-refractivity contribution in [1.29, 1.82) is 0 Å². The molecule has 0 bridgehead atoms. The molecule has 6 nitrogen and oxygen atoms in total. The van der Waals surface area contributed by atoms with Gasteiger partial charge in [-0.1, -0.05) is 6.07 Å². The van der Waals surface area contributed by atoms with Crippen LogP contribution >= 0.6 is 0 Å². The van der Waals surface area contributed by atoms with Crippen LogP contribution in [0.25, 0.3) is 0 Å². The Bertz CT molecular complexity index is 602. The van der Waals surface area contributed by atoms with E-state index in [0.29, 0.717) is 18.7 Å². The SMILES string of the molecule is Cc1ccc(S(=O)(=O)NCC2(O)CCOC2C)cc1N. The number of ether oxygens (including phenoxy) is 1. The second kappa shape index (κ2) is 5.33. The zero-order chi connectivity index (χ0) is 15.0. The predicted molar refractivity (Wildman–Crippen MR) is 75.8 cm³/mol. The zero-order valence-corrected chi connectivity index (χ0v) is 12.4. The molecule has 20 heavy (non-hydrogen) atoms. The third-order valence-corrected chi connectivity index (χ3v) is 5.19. The second-order valence-corrected chi connectivity index (χ2v) is 6.98. The monoisotopic (exact) mass is 300 g/mol. The highest BCUT2D eigenvalue weighted by Crippen LogP contribution is 2.25. The molecule has 0 amide bonds. The van der Waals surface area contributed by atoms with Crippen molar-refractivity contribution >= 4 is 15.7 Å². The lowest BCUT2D eigenvalue weighted by Gasteiger charge is -2.26. The van der Waals surface area contributed by atoms with Crippen LogP contribution in [0.1, 0.15) is 18.9 Å². The topological polar surface area (TPSA) is 102 Å². The fourth-order valence-corrected chi connectivity index (χ4v) is 3.23. The van der Waals surface area contributed by atoms with Crippen LogP contribution in [0, 0.1) is 6.92 Å². The lowest BCUT2D eigenvalue weighted by atomic mass is 9.97. The van der Waals surface area contributed by atoms with Crippen molar-refractivity contribution in [3.05, 3.63) is 23.8 Å². The molecular formula is C13H20N2O4S. The number of hydrogen-bond donors (Lipinski definition) is 3. The minimum Gasteiger partial charge on any atom is -0.398 e. The van der Waals surface area contributed by atoms with Crippen LogP contribution in [0.2, 0.25) is 0 Å². The lowest BCUT2D eigenvalue weighted by Crippen LogP contribution is -2.47. The summed E-state index contributed by atoms with van der Waals surface area (Å²) in [6, 6.07) is 4.56. The van der Waals surface area contributed by atoms with Gasteiger partial charge in [0.05, 0.1) is 11.0 Å². The van der Waals surface area contributed by atoms with Crippen molar-refractivity contribution in [3.8, 4) is 0 Å². The summed E-state index contributed by atoms with van der Waals surface area (Å²) in [6.07, 6.45) is 0.0143. The highest BCUT2D eigenvalue weighted by Gasteiger charge is 2.40. The van der Waals surface area contributed by atoms with Gasteiger partial charge >= 0.3 is 0 Å². The van der Waals surface area contributed by atoms with Gasteiger partial charge in [0.15, 0.2) is 0 Å². The Kier molecular flexibility index (Phi) is 4.06. The lowest BCUT2D eigenvalue weighted by molar-refractivity contribution is -0.0228. The first-order valence-corrected chi connectivity index (χ1v) is 7.93. The van der Waals surface area contributed by atoms with Gasteiger partial charge in [0.25, 0.3) is 0 Å². The van der Waals surface area contributed by atoms with E-state index in [1.165, 1.54) is 12.1 Å². The first kappa shape index (κ1) is 15.2. The highest BCUT2D eigenvalue weighted by atomic mass is 32.2. The van der Waals surface area contributed by atoms with E-state index in [9.17, 15) is 13.5 Å². The largest absolute Gasteiger partial charge is 0.398 e. The minimum absolute atomic E-state index is 0.0791. The van der Waals surface area contributed by atoms with Crippen molar-refractivity contribution in [3.63, 3.8) is 0 Å². The van der Waals surface area contributed by atoms with Crippen LogP contribution in [0.4, 0.5) is 5.69 Å². The van der Waals surface area contributed by atoms with Crippen LogP contribution in [-0.4, -0.2) is 38.4 Å². The van der Waals surface area contributed by atoms with Crippen LogP contribution in [0.15, 0.2) is 23.1 Å². The molecule has 1 aliphatic rings. The molecule has 7 heteroatoms. The summed E-state index contributed by atoms with van der Waals surface area (Å²) in [7, 11) is -3.69. The number of aryl methyl sites for hydroxylation is 1. The number of benzene rings is 1. The van der Waals surface area contributed by atoms with Gasteiger partial charge in [0.2, 0.25) is 10.0 Å². The number of rotatable bonds is 4. The zero-order valence-electron chi connectivity index (χ0n) is 11.6. The summed E-state index contributed by atoms with van der Waals surface area (Å²) in [4.78, 5) is 0.0933. The maximum absolute atomic E-state index is 12.2. The van der Waals surface area contributed by atoms with Crippen molar-refractivity contribution in [2.45, 2.75) is 36.9 Å². The number of nitrogen functional groups attached to an aromatic ring is 1. The molecule has 0 aliphatic carbocycles. The minimum atomic E-state index is -3.69. The Morgan fingerprint density at radius 2 is 2.25 bits per heavy atom. The summed E-state index contributed by atoms with van der Waals surface area (Å²) in [6.45, 7) is 3.88. The molecule has 0 radical (unpaired) electrons. The van der Waals surface area contributed by atoms with Gasteiger partial charge in [0, 0.05) is 25.3 Å². The number of nitrogens with two attached hydrogens (primary N) is 1. The van der Waals surface area contributed by atoms with E-state index >= 15 is 0 Å². The molecular weight excluding hydrogens is 280 g/mol. The number of hydrogen-bond acceptors (Lipinski definition) is 5. The Hall–Kier alpha value is -1.15. The van der Waals surface area contributed by atoms with E-state index in [1.807, 2.05) is 0 Å². The Morgan fingerprint density at radius 1 is 1.55 bits per heavy atom. The molecule has 2 atom stereocenters. The Labute approximate surface area is 119 Å². The van der Waals surface area contributed by atoms with Gasteiger partial charge in [-0.2, -0.15) is 0 Å². The molecule has 112 valence electrons. The average Bonchev–Trinajstić information content (AvgIpc) is 2.71. The molecule has 0 aromatic heterocycles. The molecule has 0 saturated carbocycles. The van der Waals surface area contributed by atoms with E-state index in [4.69, 9.17) is 10.5 Å². The fraction of sp³-hybridized carbons (Fsp3) is 0.538. The third kappa shape index (κ3) is 2.95. The van der Waals surface area contributed by atoms with Gasteiger partial charge < -0.3 is 15.6 Å². The van der Waals surface area contributed by atoms with Crippen LogP contribution in [0.3, 0.4) is 0 Å². The van der Waals surface area contributed by atoms with Crippen molar-refractivity contribution in [2.75, 3.05) is 18.9 Å². The molecule has 2 rings (SSSR count). The van der Waals surface area contributed by atoms with E-state index in [1.54, 1.807) is 19.9 Å². The number of aliphatic hydroxyl groups is 1. The number of sulfonamides is 1. The van der Waals surface area contributed by atoms with E-state index in [2.05, 4.69) is 4.72 Å². The molecule has 1 aliphatic heterocycles. The summed E-state index contributed by atoms with van der Waals surface area (Å²) >= 11 is 0. The summed E-state index contributed by atoms with van der Waals surface area (Å²) < 4.78 is 32.1. The van der Waals surface area contributed by atoms with Crippen LogP contribution in [-0.2, 0) is 14.8 Å². The molecule has 1 fully saturated rings. The fourth-order valence-electron chi connectivity index (χ4n) is 2.09. The van der Waals surface area contributed by atoms with Gasteiger partial charge in [-0.05, 0) is 31.5 Å². The maximum Gasteiger partial charge on any atom is 0.240 e. The van der Waals surface area contributed by atoms with Gasteiger partial charge in [0.1, 0.15) is 5.60 Å². The molecule has 2 unspecified atom stereocenters. The van der Waals surface area contributed by atoms with Gasteiger partial charge in [-0.25, -0.2) is 13.1 Å². The van der Waals surface area contributed by atoms with Crippen molar-refractivity contribution in [1.82, 2.24) is 4.72 Å². The third-order valence-electron chi connectivity index (χ3n) is 3.79. The number of anilines is 1. The van der Waals surface area contributed by atoms with Crippen LogP contribution < -0.4 is 10.5 Å². The van der Waals surface area contributed by atoms with Gasteiger partial charge in [-0.15, -0.1) is 0 Å². The molecule has 1 aromatic carbocycles. The molecule has 1 saturated heterocycles. The van der Waals surface area contributed by atoms with Crippen molar-refractivity contribution < 1.29 is 18.3 Å². The molecule has 1 heterocycles. The van der Waals surface area contributed by atoms with Crippen LogP contribution in [0.5, 0.6) is 0 Å². The summed E-state index contributed by atoms with van der Waals surface area (Å²) in [5, 5.41) is 10.3. The summed E-state index contributed by atoms with van der Waals surface area (Å²) in [5.41, 5.74) is 5.80. The van der Waals surface area contributed by atoms with E-state index < -0.39 is 21.7 Å². The first-order chi connectivity index (χ1) is 9.24. The second-order valence-electron chi connectivity index (χ2n) is 5.21. The van der Waals surface area contributed by atoms with Crippen molar-refractivity contribution in [2.24, 2.45) is 0 Å². The normalized spacial score (nSPS) is 26.9. The highest BCUT2D eigenvalue weighted by molar-refractivity contribution is 7.89. The standard InChI is InChI=1S/C13H20N2O4S/c1-9-3-4-11(7-12(9)14)20(17,18)15-8-13(16)5-6-19-10(13)2/h3-4,7,10,15-16H,5-6,8,14H2,1-2H3. The Balaban J connectivity index is 2.13. The Morgan fingerprint density at radius 3 is 2.80 bits per heavy atom. The molecule has 4 N–H and O–H groups in total. The quantitative estimate of drug-likeness (QED) is 0.698. The maximum atomic E-state index is 12.2. The average molecular weight is 300 g/mol. The first-order valence-electron chi connectivity index (χ1n) is 6.44. The predicted octanol–water partition coefficient (Wildman–Crippen LogP) is 0.395. The molecule has 0 spiro atoms. The molecule has 1 aromatic rings. The smallest absolute Gasteiger partial charge is 0.240 e. The van der Waals surface area contributed by atoms with E-state index in [-0.39, 0.29) is 11.4 Å². The van der Waals surface area contributed by atoms with E-state index in [0.717, 1.165) is 5.56 Å². The summed E-state index contributed by atoms with van der Waals surface area (Å²) in [5.74, 6) is 0. The number of nitrogens with one attached hydrogen (secondary N) is 1. The van der Waals surface area contributed by atoms with Gasteiger partial charge in [-0.3, -0.25) is 0 Å².